The van der Waals surface area contributed by atoms with Crippen LogP contribution in [0, 0.1) is 20.8 Å². The summed E-state index contributed by atoms with van der Waals surface area (Å²) in [6, 6.07) is 6.91. The van der Waals surface area contributed by atoms with Gasteiger partial charge in [-0.05, 0) is 56.8 Å². The van der Waals surface area contributed by atoms with Gasteiger partial charge in [-0.3, -0.25) is 9.97 Å². The third kappa shape index (κ3) is 4.36. The van der Waals surface area contributed by atoms with E-state index in [1.165, 1.54) is 16.7 Å². The van der Waals surface area contributed by atoms with Gasteiger partial charge in [0.2, 0.25) is 0 Å². The smallest absolute Gasteiger partial charge is 0.0759 e. The number of hydrogen-bond donors (Lipinski definition) is 1. The Morgan fingerprint density at radius 1 is 1.05 bits per heavy atom. The average molecular weight is 283 g/mol. The van der Waals surface area contributed by atoms with Gasteiger partial charge in [0.05, 0.1) is 23.6 Å². The lowest BCUT2D eigenvalue weighted by molar-refractivity contribution is 0.515. The Hall–Kier alpha value is -1.74. The van der Waals surface area contributed by atoms with Crippen LogP contribution in [0.1, 0.15) is 47.5 Å². The predicted molar refractivity (Wildman–Crippen MR) is 87.4 cm³/mol. The largest absolute Gasteiger partial charge is 0.308 e. The Balaban J connectivity index is 2.19. The van der Waals surface area contributed by atoms with Gasteiger partial charge in [0, 0.05) is 6.20 Å². The first kappa shape index (κ1) is 15.6. The maximum Gasteiger partial charge on any atom is 0.0759 e. The molecule has 3 heteroatoms. The Morgan fingerprint density at radius 3 is 2.48 bits per heavy atom. The summed E-state index contributed by atoms with van der Waals surface area (Å²) in [5, 5.41) is 3.59. The number of aryl methyl sites for hydroxylation is 3. The zero-order chi connectivity index (χ0) is 15.2. The van der Waals surface area contributed by atoms with Crippen molar-refractivity contribution in [2.75, 3.05) is 6.54 Å². The van der Waals surface area contributed by atoms with Crippen molar-refractivity contribution in [2.45, 2.75) is 46.6 Å². The van der Waals surface area contributed by atoms with Crippen molar-refractivity contribution in [3.8, 4) is 0 Å². The molecule has 0 bridgehead atoms. The predicted octanol–water partition coefficient (Wildman–Crippen LogP) is 3.69. The van der Waals surface area contributed by atoms with E-state index in [4.69, 9.17) is 0 Å². The molecule has 1 N–H and O–H groups in total. The fourth-order valence-electron chi connectivity index (χ4n) is 2.35. The third-order valence-corrected chi connectivity index (χ3v) is 3.81. The van der Waals surface area contributed by atoms with Gasteiger partial charge in [-0.15, -0.1) is 0 Å². The number of rotatable bonds is 6. The molecule has 1 unspecified atom stereocenters. The average Bonchev–Trinajstić information content (AvgIpc) is 2.48. The van der Waals surface area contributed by atoms with Gasteiger partial charge in [-0.25, -0.2) is 0 Å². The summed E-state index contributed by atoms with van der Waals surface area (Å²) < 4.78 is 0. The molecule has 2 rings (SSSR count). The molecular formula is C18H25N3. The Morgan fingerprint density at radius 2 is 1.86 bits per heavy atom. The molecule has 2 aromatic rings. The molecule has 0 radical (unpaired) electrons. The molecule has 0 spiro atoms. The van der Waals surface area contributed by atoms with Crippen LogP contribution in [-0.4, -0.2) is 16.5 Å². The monoisotopic (exact) mass is 283 g/mol. The van der Waals surface area contributed by atoms with Crippen molar-refractivity contribution >= 4 is 0 Å². The minimum Gasteiger partial charge on any atom is -0.308 e. The van der Waals surface area contributed by atoms with Gasteiger partial charge in [0.25, 0.3) is 0 Å². The van der Waals surface area contributed by atoms with Gasteiger partial charge in [-0.2, -0.15) is 0 Å². The number of nitrogens with zero attached hydrogens (tertiary/aromatic N) is 2. The van der Waals surface area contributed by atoms with Crippen LogP contribution in [0.3, 0.4) is 0 Å². The van der Waals surface area contributed by atoms with E-state index in [1.54, 1.807) is 0 Å². The minimum atomic E-state index is 0.222. The molecule has 0 amide bonds. The second-order valence-corrected chi connectivity index (χ2v) is 5.71. The SMILES string of the molecule is CCCNC(Cc1ccc(C)c(C)c1)c1cnc(C)cn1. The van der Waals surface area contributed by atoms with Crippen LogP contribution in [0.25, 0.3) is 0 Å². The van der Waals surface area contributed by atoms with E-state index in [0.717, 1.165) is 30.8 Å². The van der Waals surface area contributed by atoms with E-state index >= 15 is 0 Å². The van der Waals surface area contributed by atoms with Crippen molar-refractivity contribution < 1.29 is 0 Å². The van der Waals surface area contributed by atoms with Crippen molar-refractivity contribution in [1.29, 1.82) is 0 Å². The lowest BCUT2D eigenvalue weighted by Gasteiger charge is -2.18. The summed E-state index contributed by atoms with van der Waals surface area (Å²) in [7, 11) is 0. The van der Waals surface area contributed by atoms with Crippen molar-refractivity contribution in [3.63, 3.8) is 0 Å². The highest BCUT2D eigenvalue weighted by Crippen LogP contribution is 2.18. The summed E-state index contributed by atoms with van der Waals surface area (Å²) in [6.07, 6.45) is 5.79. The topological polar surface area (TPSA) is 37.8 Å². The summed E-state index contributed by atoms with van der Waals surface area (Å²) >= 11 is 0. The fourth-order valence-corrected chi connectivity index (χ4v) is 2.35. The molecular weight excluding hydrogens is 258 g/mol. The maximum atomic E-state index is 4.54. The first-order chi connectivity index (χ1) is 10.1. The highest BCUT2D eigenvalue weighted by Gasteiger charge is 2.13. The zero-order valence-corrected chi connectivity index (χ0v) is 13.5. The van der Waals surface area contributed by atoms with Crippen LogP contribution in [0.5, 0.6) is 0 Å². The Bertz CT molecular complexity index is 576. The van der Waals surface area contributed by atoms with Crippen LogP contribution >= 0.6 is 0 Å². The molecule has 21 heavy (non-hydrogen) atoms. The molecule has 3 nitrogen and oxygen atoms in total. The number of hydrogen-bond acceptors (Lipinski definition) is 3. The van der Waals surface area contributed by atoms with Crippen LogP contribution in [0.2, 0.25) is 0 Å². The normalized spacial score (nSPS) is 12.4. The molecule has 0 aliphatic rings. The molecule has 1 aromatic carbocycles. The highest BCUT2D eigenvalue weighted by atomic mass is 14.9. The van der Waals surface area contributed by atoms with Gasteiger partial charge in [0.15, 0.2) is 0 Å². The fraction of sp³-hybridized carbons (Fsp3) is 0.444. The van der Waals surface area contributed by atoms with Crippen LogP contribution in [0.4, 0.5) is 0 Å². The number of aromatic nitrogens is 2. The first-order valence-electron chi connectivity index (χ1n) is 7.68. The first-order valence-corrected chi connectivity index (χ1v) is 7.68. The van der Waals surface area contributed by atoms with E-state index in [-0.39, 0.29) is 6.04 Å². The second kappa shape index (κ2) is 7.32. The molecule has 0 aliphatic carbocycles. The quantitative estimate of drug-likeness (QED) is 0.878. The molecule has 1 aromatic heterocycles. The van der Waals surface area contributed by atoms with E-state index < -0.39 is 0 Å². The Kier molecular flexibility index (Phi) is 5.45. The number of nitrogens with one attached hydrogen (secondary N) is 1. The lowest BCUT2D eigenvalue weighted by atomic mass is 9.99. The minimum absolute atomic E-state index is 0.222. The summed E-state index contributed by atoms with van der Waals surface area (Å²) in [5.41, 5.74) is 6.00. The van der Waals surface area contributed by atoms with E-state index in [0.29, 0.717) is 0 Å². The summed E-state index contributed by atoms with van der Waals surface area (Å²) in [4.78, 5) is 8.92. The van der Waals surface area contributed by atoms with Crippen LogP contribution in [0.15, 0.2) is 30.6 Å². The Labute approximate surface area is 127 Å². The van der Waals surface area contributed by atoms with Crippen molar-refractivity contribution in [3.05, 3.63) is 58.7 Å². The third-order valence-electron chi connectivity index (χ3n) is 3.81. The van der Waals surface area contributed by atoms with Crippen LogP contribution < -0.4 is 5.32 Å². The molecule has 0 saturated carbocycles. The summed E-state index contributed by atoms with van der Waals surface area (Å²) in [6.45, 7) is 9.46. The van der Waals surface area contributed by atoms with E-state index in [9.17, 15) is 0 Å². The summed E-state index contributed by atoms with van der Waals surface area (Å²) in [5.74, 6) is 0. The van der Waals surface area contributed by atoms with Crippen LogP contribution in [-0.2, 0) is 6.42 Å². The van der Waals surface area contributed by atoms with E-state index in [2.05, 4.69) is 54.3 Å². The number of benzene rings is 1. The van der Waals surface area contributed by atoms with Crippen molar-refractivity contribution in [1.82, 2.24) is 15.3 Å². The van der Waals surface area contributed by atoms with Crippen molar-refractivity contribution in [2.24, 2.45) is 0 Å². The zero-order valence-electron chi connectivity index (χ0n) is 13.5. The molecule has 0 saturated heterocycles. The molecule has 1 atom stereocenters. The van der Waals surface area contributed by atoms with Gasteiger partial charge in [-0.1, -0.05) is 25.1 Å². The molecule has 1 heterocycles. The van der Waals surface area contributed by atoms with E-state index in [1.807, 2.05) is 19.3 Å². The van der Waals surface area contributed by atoms with Gasteiger partial charge >= 0.3 is 0 Å². The standard InChI is InChI=1S/C18H25N3/c1-5-8-19-17(18-12-20-15(4)11-21-18)10-16-7-6-13(2)14(3)9-16/h6-7,9,11-12,17,19H,5,8,10H2,1-4H3. The second-order valence-electron chi connectivity index (χ2n) is 5.71. The van der Waals surface area contributed by atoms with Gasteiger partial charge < -0.3 is 5.32 Å². The maximum absolute atomic E-state index is 4.54. The molecule has 112 valence electrons. The molecule has 0 fully saturated rings. The highest BCUT2D eigenvalue weighted by molar-refractivity contribution is 5.31. The van der Waals surface area contributed by atoms with Gasteiger partial charge in [0.1, 0.15) is 0 Å². The lowest BCUT2D eigenvalue weighted by Crippen LogP contribution is -2.25. The molecule has 0 aliphatic heterocycles.